The summed E-state index contributed by atoms with van der Waals surface area (Å²) in [5, 5.41) is 0. The van der Waals surface area contributed by atoms with Crippen molar-refractivity contribution in [2.75, 3.05) is 6.61 Å². The Morgan fingerprint density at radius 2 is 1.65 bits per heavy atom. The van der Waals surface area contributed by atoms with E-state index in [9.17, 15) is 14.4 Å². The van der Waals surface area contributed by atoms with Gasteiger partial charge in [-0.3, -0.25) is 14.4 Å². The summed E-state index contributed by atoms with van der Waals surface area (Å²) in [6, 6.07) is 0. The molecule has 1 aliphatic carbocycles. The normalized spacial score (nSPS) is 34.6. The van der Waals surface area contributed by atoms with Crippen molar-refractivity contribution in [2.24, 2.45) is 11.8 Å². The van der Waals surface area contributed by atoms with Gasteiger partial charge in [0.1, 0.15) is 6.61 Å². The molecule has 112 valence electrons. The van der Waals surface area contributed by atoms with Crippen LogP contribution in [0.15, 0.2) is 0 Å². The highest BCUT2D eigenvalue weighted by molar-refractivity contribution is 5.67. The van der Waals surface area contributed by atoms with E-state index < -0.39 is 30.3 Å². The van der Waals surface area contributed by atoms with Crippen LogP contribution in [0.5, 0.6) is 0 Å². The molecule has 1 aliphatic heterocycles. The summed E-state index contributed by atoms with van der Waals surface area (Å²) < 4.78 is 20.8. The van der Waals surface area contributed by atoms with Crippen LogP contribution in [0, 0.1) is 11.8 Å². The average Bonchev–Trinajstić information content (AvgIpc) is 3.08. The molecule has 2 rings (SSSR count). The summed E-state index contributed by atoms with van der Waals surface area (Å²) in [4.78, 5) is 33.1. The number of hydrogen-bond donors (Lipinski definition) is 0. The molecule has 0 aromatic heterocycles. The Kier molecular flexibility index (Phi) is 4.27. The second kappa shape index (κ2) is 5.78. The highest BCUT2D eigenvalue weighted by Gasteiger charge is 2.58. The second-order valence-corrected chi connectivity index (χ2v) is 5.09. The van der Waals surface area contributed by atoms with Crippen LogP contribution >= 0.6 is 0 Å². The molecule has 2 aliphatic rings. The Bertz CT molecular complexity index is 419. The lowest BCUT2D eigenvalue weighted by atomic mass is 10.1. The molecule has 5 unspecified atom stereocenters. The molecule has 0 spiro atoms. The van der Waals surface area contributed by atoms with Gasteiger partial charge in [0.15, 0.2) is 6.10 Å². The van der Waals surface area contributed by atoms with Crippen LogP contribution in [0.4, 0.5) is 0 Å². The highest BCUT2D eigenvalue weighted by atomic mass is 16.7. The van der Waals surface area contributed by atoms with Crippen LogP contribution in [0.3, 0.4) is 0 Å². The van der Waals surface area contributed by atoms with Gasteiger partial charge < -0.3 is 18.9 Å². The molecule has 1 heterocycles. The zero-order chi connectivity index (χ0) is 14.9. The fourth-order valence-electron chi connectivity index (χ4n) is 2.55. The fourth-order valence-corrected chi connectivity index (χ4v) is 2.55. The van der Waals surface area contributed by atoms with E-state index in [1.54, 1.807) is 0 Å². The van der Waals surface area contributed by atoms with Gasteiger partial charge in [0.2, 0.25) is 6.29 Å². The van der Waals surface area contributed by atoms with Crippen molar-refractivity contribution in [1.29, 1.82) is 0 Å². The first-order valence-corrected chi connectivity index (χ1v) is 6.51. The van der Waals surface area contributed by atoms with Crippen molar-refractivity contribution in [3.8, 4) is 0 Å². The summed E-state index contributed by atoms with van der Waals surface area (Å²) in [6.07, 6.45) is -1.07. The lowest BCUT2D eigenvalue weighted by Gasteiger charge is -2.34. The fraction of sp³-hybridized carbons (Fsp3) is 0.769. The number of rotatable bonds is 4. The van der Waals surface area contributed by atoms with Crippen LogP contribution in [0.1, 0.15) is 27.2 Å². The third kappa shape index (κ3) is 3.47. The van der Waals surface area contributed by atoms with Gasteiger partial charge in [0.05, 0.1) is 6.10 Å². The van der Waals surface area contributed by atoms with Crippen LogP contribution < -0.4 is 0 Å². The first-order valence-electron chi connectivity index (χ1n) is 6.51. The first-order chi connectivity index (χ1) is 9.38. The molecule has 0 aromatic carbocycles. The van der Waals surface area contributed by atoms with E-state index in [0.717, 1.165) is 6.42 Å². The minimum atomic E-state index is -0.944. The number of esters is 3. The zero-order valence-electron chi connectivity index (χ0n) is 11.7. The van der Waals surface area contributed by atoms with Gasteiger partial charge >= 0.3 is 17.9 Å². The minimum absolute atomic E-state index is 0.0811. The topological polar surface area (TPSA) is 88.1 Å². The van der Waals surface area contributed by atoms with E-state index in [1.807, 2.05) is 0 Å². The van der Waals surface area contributed by atoms with Crippen molar-refractivity contribution in [3.63, 3.8) is 0 Å². The van der Waals surface area contributed by atoms with Crippen LogP contribution in [-0.4, -0.2) is 43.0 Å². The van der Waals surface area contributed by atoms with Crippen molar-refractivity contribution < 1.29 is 33.3 Å². The second-order valence-electron chi connectivity index (χ2n) is 5.09. The molecule has 0 amide bonds. The van der Waals surface area contributed by atoms with Gasteiger partial charge in [0, 0.05) is 26.7 Å². The summed E-state index contributed by atoms with van der Waals surface area (Å²) >= 11 is 0. The number of carbonyl (C=O) groups is 3. The standard InChI is InChI=1S/C13H18O7/c1-6(14)17-5-11-9-4-10(9)12(18-7(2)15)13(20-11)19-8(3)16/h9-13H,4-5H2,1-3H3. The maximum absolute atomic E-state index is 11.1. The molecule has 1 saturated heterocycles. The van der Waals surface area contributed by atoms with E-state index >= 15 is 0 Å². The van der Waals surface area contributed by atoms with E-state index in [0.29, 0.717) is 0 Å². The van der Waals surface area contributed by atoms with Crippen LogP contribution in [0.25, 0.3) is 0 Å². The highest BCUT2D eigenvalue weighted by Crippen LogP contribution is 2.51. The van der Waals surface area contributed by atoms with Gasteiger partial charge in [0.25, 0.3) is 0 Å². The van der Waals surface area contributed by atoms with Gasteiger partial charge in [-0.25, -0.2) is 0 Å². The maximum atomic E-state index is 11.1. The summed E-state index contributed by atoms with van der Waals surface area (Å²) in [7, 11) is 0. The molecule has 0 bridgehead atoms. The molecule has 5 atom stereocenters. The monoisotopic (exact) mass is 286 g/mol. The molecule has 0 N–H and O–H groups in total. The predicted octanol–water partition coefficient (Wildman–Crippen LogP) is 0.405. The van der Waals surface area contributed by atoms with Crippen LogP contribution in [0.2, 0.25) is 0 Å². The molecule has 2 fully saturated rings. The quantitative estimate of drug-likeness (QED) is 0.546. The molecular formula is C13H18O7. The Hall–Kier alpha value is -1.63. The smallest absolute Gasteiger partial charge is 0.305 e. The largest absolute Gasteiger partial charge is 0.463 e. The number of fused-ring (bicyclic) bond motifs is 1. The Morgan fingerprint density at radius 3 is 2.20 bits per heavy atom. The zero-order valence-corrected chi connectivity index (χ0v) is 11.7. The molecule has 7 heteroatoms. The van der Waals surface area contributed by atoms with Gasteiger partial charge in [-0.15, -0.1) is 0 Å². The first kappa shape index (κ1) is 14.8. The van der Waals surface area contributed by atoms with Crippen molar-refractivity contribution in [3.05, 3.63) is 0 Å². The summed E-state index contributed by atoms with van der Waals surface area (Å²) in [5.41, 5.74) is 0. The Labute approximate surface area is 116 Å². The van der Waals surface area contributed by atoms with E-state index in [4.69, 9.17) is 18.9 Å². The number of ether oxygens (including phenoxy) is 4. The van der Waals surface area contributed by atoms with Crippen molar-refractivity contribution in [2.45, 2.75) is 45.7 Å². The van der Waals surface area contributed by atoms with Gasteiger partial charge in [-0.05, 0) is 12.3 Å². The predicted molar refractivity (Wildman–Crippen MR) is 64.2 cm³/mol. The molecule has 0 radical (unpaired) electrons. The number of hydrogen-bond acceptors (Lipinski definition) is 7. The van der Waals surface area contributed by atoms with Crippen molar-refractivity contribution in [1.82, 2.24) is 0 Å². The molecular weight excluding hydrogens is 268 g/mol. The number of carbonyl (C=O) groups excluding carboxylic acids is 3. The molecule has 7 nitrogen and oxygen atoms in total. The lowest BCUT2D eigenvalue weighted by Crippen LogP contribution is -2.47. The van der Waals surface area contributed by atoms with Gasteiger partial charge in [-0.2, -0.15) is 0 Å². The van der Waals surface area contributed by atoms with Gasteiger partial charge in [-0.1, -0.05) is 0 Å². The average molecular weight is 286 g/mol. The van der Waals surface area contributed by atoms with E-state index in [1.165, 1.54) is 20.8 Å². The van der Waals surface area contributed by atoms with E-state index in [-0.39, 0.29) is 24.5 Å². The minimum Gasteiger partial charge on any atom is -0.463 e. The summed E-state index contributed by atoms with van der Waals surface area (Å²) in [5.74, 6) is -1.11. The van der Waals surface area contributed by atoms with E-state index in [2.05, 4.69) is 0 Å². The maximum Gasteiger partial charge on any atom is 0.305 e. The van der Waals surface area contributed by atoms with Crippen LogP contribution in [-0.2, 0) is 33.3 Å². The van der Waals surface area contributed by atoms with Crippen molar-refractivity contribution >= 4 is 17.9 Å². The lowest BCUT2D eigenvalue weighted by molar-refractivity contribution is -0.249. The molecule has 0 aromatic rings. The SMILES string of the molecule is CC(=O)OCC1OC(OC(C)=O)C(OC(C)=O)C2CC12. The Morgan fingerprint density at radius 1 is 1.00 bits per heavy atom. The third-order valence-corrected chi connectivity index (χ3v) is 3.40. The third-order valence-electron chi connectivity index (χ3n) is 3.40. The molecule has 1 saturated carbocycles. The molecule has 20 heavy (non-hydrogen) atoms. The Balaban J connectivity index is 2.01. The summed E-state index contributed by atoms with van der Waals surface area (Å²) in [6.45, 7) is 3.99.